The number of allylic oxidation sites excluding steroid dienone is 4. The second-order valence-corrected chi connectivity index (χ2v) is 2.65. The van der Waals surface area contributed by atoms with E-state index in [1.165, 1.54) is 19.3 Å². The standard InChI is InChI=1S/C7H14.C5H10/c1-3-5-7-6-4-2;1-3-5-4-2/h5,7H,3-4,6H2,1-2H3;3,5H,4H2,1-2H3. The summed E-state index contributed by atoms with van der Waals surface area (Å²) in [7, 11) is 0. The molecule has 0 saturated carbocycles. The molecule has 0 fully saturated rings. The number of hydrogen-bond acceptors (Lipinski definition) is 0. The van der Waals surface area contributed by atoms with Crippen LogP contribution in [-0.4, -0.2) is 0 Å². The molecule has 0 heterocycles. The maximum absolute atomic E-state index is 2.24. The fourth-order valence-electron chi connectivity index (χ4n) is 0.687. The summed E-state index contributed by atoms with van der Waals surface area (Å²) in [5, 5.41) is 0. The fourth-order valence-corrected chi connectivity index (χ4v) is 0.687. The molecule has 0 aliphatic heterocycles. The molecular formula is C12H24. The van der Waals surface area contributed by atoms with Crippen molar-refractivity contribution in [3.63, 3.8) is 0 Å². The summed E-state index contributed by atoms with van der Waals surface area (Å²) in [5.41, 5.74) is 0. The van der Waals surface area contributed by atoms with E-state index in [1.807, 2.05) is 6.92 Å². The van der Waals surface area contributed by atoms with Crippen molar-refractivity contribution in [1.82, 2.24) is 0 Å². The van der Waals surface area contributed by atoms with E-state index in [9.17, 15) is 0 Å². The molecule has 0 rings (SSSR count). The predicted octanol–water partition coefficient (Wildman–Crippen LogP) is 4.73. The van der Waals surface area contributed by atoms with Gasteiger partial charge < -0.3 is 0 Å². The average molecular weight is 168 g/mol. The highest BCUT2D eigenvalue weighted by molar-refractivity contribution is 4.78. The SMILES string of the molecule is CC=CCC.CCC=CCCC. The Morgan fingerprint density at radius 1 is 0.833 bits per heavy atom. The number of hydrogen-bond donors (Lipinski definition) is 0. The van der Waals surface area contributed by atoms with Gasteiger partial charge in [-0.05, 0) is 26.2 Å². The van der Waals surface area contributed by atoms with Gasteiger partial charge in [0.25, 0.3) is 0 Å². The highest BCUT2D eigenvalue weighted by Crippen LogP contribution is 1.88. The second kappa shape index (κ2) is 16.8. The van der Waals surface area contributed by atoms with Gasteiger partial charge in [0, 0.05) is 0 Å². The van der Waals surface area contributed by atoms with Crippen molar-refractivity contribution in [2.24, 2.45) is 0 Å². The minimum atomic E-state index is 1.16. The lowest BCUT2D eigenvalue weighted by Crippen LogP contribution is -1.58. The van der Waals surface area contributed by atoms with Crippen LogP contribution in [0.15, 0.2) is 24.3 Å². The van der Waals surface area contributed by atoms with Crippen LogP contribution in [-0.2, 0) is 0 Å². The van der Waals surface area contributed by atoms with Crippen LogP contribution in [0.5, 0.6) is 0 Å². The molecule has 0 aliphatic rings. The normalized spacial score (nSPS) is 10.3. The van der Waals surface area contributed by atoms with Crippen molar-refractivity contribution >= 4 is 0 Å². The van der Waals surface area contributed by atoms with Crippen LogP contribution < -0.4 is 0 Å². The monoisotopic (exact) mass is 168 g/mol. The predicted molar refractivity (Wildman–Crippen MR) is 59.4 cm³/mol. The van der Waals surface area contributed by atoms with Crippen LogP contribution in [0.25, 0.3) is 0 Å². The molecule has 0 aromatic rings. The summed E-state index contributed by atoms with van der Waals surface area (Å²) < 4.78 is 0. The van der Waals surface area contributed by atoms with E-state index in [0.717, 1.165) is 6.42 Å². The highest BCUT2D eigenvalue weighted by Gasteiger charge is 1.68. The summed E-state index contributed by atoms with van der Waals surface area (Å²) in [6, 6.07) is 0. The zero-order chi connectivity index (χ0) is 9.66. The third kappa shape index (κ3) is 22.7. The quantitative estimate of drug-likeness (QED) is 0.532. The topological polar surface area (TPSA) is 0 Å². The van der Waals surface area contributed by atoms with E-state index in [4.69, 9.17) is 0 Å². The Morgan fingerprint density at radius 2 is 1.42 bits per heavy atom. The van der Waals surface area contributed by atoms with E-state index in [2.05, 4.69) is 45.1 Å². The van der Waals surface area contributed by atoms with Crippen molar-refractivity contribution in [3.8, 4) is 0 Å². The van der Waals surface area contributed by atoms with Gasteiger partial charge in [-0.2, -0.15) is 0 Å². The van der Waals surface area contributed by atoms with Crippen LogP contribution in [0.2, 0.25) is 0 Å². The fraction of sp³-hybridized carbons (Fsp3) is 0.667. The van der Waals surface area contributed by atoms with Gasteiger partial charge in [0.05, 0.1) is 0 Å². The molecule has 72 valence electrons. The van der Waals surface area contributed by atoms with Gasteiger partial charge >= 0.3 is 0 Å². The van der Waals surface area contributed by atoms with Gasteiger partial charge in [0.2, 0.25) is 0 Å². The van der Waals surface area contributed by atoms with E-state index >= 15 is 0 Å². The molecular weight excluding hydrogens is 144 g/mol. The maximum atomic E-state index is 2.24. The van der Waals surface area contributed by atoms with E-state index in [1.54, 1.807) is 0 Å². The van der Waals surface area contributed by atoms with Gasteiger partial charge in [-0.1, -0.05) is 51.5 Å². The van der Waals surface area contributed by atoms with E-state index < -0.39 is 0 Å². The zero-order valence-corrected chi connectivity index (χ0v) is 9.14. The van der Waals surface area contributed by atoms with E-state index in [-0.39, 0.29) is 0 Å². The molecule has 0 N–H and O–H groups in total. The van der Waals surface area contributed by atoms with Crippen molar-refractivity contribution in [2.45, 2.75) is 53.4 Å². The lowest BCUT2D eigenvalue weighted by molar-refractivity contribution is 0.952. The van der Waals surface area contributed by atoms with Crippen LogP contribution in [0.3, 0.4) is 0 Å². The molecule has 0 bridgehead atoms. The number of rotatable bonds is 4. The molecule has 0 unspecified atom stereocenters. The highest BCUT2D eigenvalue weighted by atomic mass is 13.7. The van der Waals surface area contributed by atoms with Crippen molar-refractivity contribution in [1.29, 1.82) is 0 Å². The Morgan fingerprint density at radius 3 is 1.67 bits per heavy atom. The zero-order valence-electron chi connectivity index (χ0n) is 9.14. The van der Waals surface area contributed by atoms with Gasteiger partial charge in [0.15, 0.2) is 0 Å². The molecule has 0 radical (unpaired) electrons. The molecule has 0 spiro atoms. The number of unbranched alkanes of at least 4 members (excludes halogenated alkanes) is 1. The Kier molecular flexibility index (Phi) is 19.7. The van der Waals surface area contributed by atoms with Gasteiger partial charge in [-0.15, -0.1) is 0 Å². The third-order valence-corrected chi connectivity index (χ3v) is 1.33. The minimum absolute atomic E-state index is 1.16. The van der Waals surface area contributed by atoms with Gasteiger partial charge in [-0.3, -0.25) is 0 Å². The van der Waals surface area contributed by atoms with E-state index in [0.29, 0.717) is 0 Å². The summed E-state index contributed by atoms with van der Waals surface area (Å²) >= 11 is 0. The minimum Gasteiger partial charge on any atom is -0.0917 e. The Hall–Kier alpha value is -0.520. The van der Waals surface area contributed by atoms with Crippen molar-refractivity contribution < 1.29 is 0 Å². The van der Waals surface area contributed by atoms with Crippen molar-refractivity contribution in [2.75, 3.05) is 0 Å². The molecule has 0 aliphatic carbocycles. The summed E-state index contributed by atoms with van der Waals surface area (Å²) in [4.78, 5) is 0. The molecule has 0 amide bonds. The van der Waals surface area contributed by atoms with Gasteiger partial charge in [0.1, 0.15) is 0 Å². The molecule has 0 heteroatoms. The largest absolute Gasteiger partial charge is 0.0917 e. The average Bonchev–Trinajstić information content (AvgIpc) is 2.08. The first-order valence-corrected chi connectivity index (χ1v) is 5.09. The molecule has 0 saturated heterocycles. The Bertz CT molecular complexity index is 98.6. The Labute approximate surface area is 78.4 Å². The first kappa shape index (κ1) is 14.0. The first-order valence-electron chi connectivity index (χ1n) is 5.09. The lowest BCUT2D eigenvalue weighted by atomic mass is 10.3. The molecule has 0 aromatic heterocycles. The third-order valence-electron chi connectivity index (χ3n) is 1.33. The van der Waals surface area contributed by atoms with Crippen LogP contribution >= 0.6 is 0 Å². The lowest BCUT2D eigenvalue weighted by Gasteiger charge is -1.79. The van der Waals surface area contributed by atoms with Gasteiger partial charge in [-0.25, -0.2) is 0 Å². The molecule has 0 aromatic carbocycles. The smallest absolute Gasteiger partial charge is 0.0353 e. The first-order chi connectivity index (χ1) is 5.83. The molecule has 0 nitrogen and oxygen atoms in total. The summed E-state index contributed by atoms with van der Waals surface area (Å²) in [5.74, 6) is 0. The maximum Gasteiger partial charge on any atom is -0.0353 e. The van der Waals surface area contributed by atoms with Crippen LogP contribution in [0.4, 0.5) is 0 Å². The van der Waals surface area contributed by atoms with Crippen LogP contribution in [0, 0.1) is 0 Å². The Balaban J connectivity index is 0. The summed E-state index contributed by atoms with van der Waals surface area (Å²) in [6.07, 6.45) is 13.5. The molecule has 0 atom stereocenters. The van der Waals surface area contributed by atoms with Crippen LogP contribution in [0.1, 0.15) is 53.4 Å². The summed E-state index contributed by atoms with van der Waals surface area (Å²) in [6.45, 7) is 8.51. The second-order valence-electron chi connectivity index (χ2n) is 2.65. The van der Waals surface area contributed by atoms with Crippen molar-refractivity contribution in [3.05, 3.63) is 24.3 Å². The molecule has 12 heavy (non-hydrogen) atoms.